The van der Waals surface area contributed by atoms with Crippen molar-refractivity contribution in [1.29, 1.82) is 0 Å². The predicted octanol–water partition coefficient (Wildman–Crippen LogP) is 11.4. The molecule has 192 valence electrons. The van der Waals surface area contributed by atoms with Gasteiger partial charge in [-0.2, -0.15) is 0 Å². The Kier molecular flexibility index (Phi) is 4.49. The summed E-state index contributed by atoms with van der Waals surface area (Å²) in [4.78, 5) is 0. The molecule has 0 spiro atoms. The normalized spacial score (nSPS) is 13.8. The SMILES string of the molecule is CC1(C)c2ccccc2-c2c(-c3ccc4c5ccccc5c5c6ccccc6c6ccccc6c5c4c3)cccc21. The monoisotopic (exact) mass is 520 g/mol. The van der Waals surface area contributed by atoms with Gasteiger partial charge >= 0.3 is 0 Å². The van der Waals surface area contributed by atoms with Gasteiger partial charge in [-0.15, -0.1) is 0 Å². The maximum Gasteiger partial charge on any atom is 0.0159 e. The molecule has 0 saturated heterocycles. The highest BCUT2D eigenvalue weighted by molar-refractivity contribution is 6.39. The van der Waals surface area contributed by atoms with Crippen LogP contribution in [0.1, 0.15) is 25.0 Å². The fourth-order valence-corrected chi connectivity index (χ4v) is 7.79. The molecule has 0 nitrogen and oxygen atoms in total. The molecule has 41 heavy (non-hydrogen) atoms. The number of benzene rings is 8. The zero-order valence-corrected chi connectivity index (χ0v) is 23.2. The molecule has 0 radical (unpaired) electrons. The standard InChI is InChI=1S/C41H28/c1-41(2)36-20-10-9-18-34(36)38-26(19-11-21-37(38)41)25-22-23-30-29-14-5-7-16-32(29)39-31-15-6-3-12-27(31)28-13-4-8-17-33(28)40(39)35(30)24-25/h3-24H,1-2H3. The molecule has 0 bridgehead atoms. The quantitative estimate of drug-likeness (QED) is 0.189. The van der Waals surface area contributed by atoms with E-state index in [2.05, 4.69) is 147 Å². The van der Waals surface area contributed by atoms with Gasteiger partial charge in [0.25, 0.3) is 0 Å². The third kappa shape index (κ3) is 2.95. The average molecular weight is 521 g/mol. The van der Waals surface area contributed by atoms with Crippen LogP contribution in [0.5, 0.6) is 0 Å². The van der Waals surface area contributed by atoms with Gasteiger partial charge in [0.15, 0.2) is 0 Å². The van der Waals surface area contributed by atoms with Crippen molar-refractivity contribution in [2.75, 3.05) is 0 Å². The Morgan fingerprint density at radius 1 is 0.366 bits per heavy atom. The Bertz CT molecular complexity index is 2370. The van der Waals surface area contributed by atoms with Gasteiger partial charge in [0.2, 0.25) is 0 Å². The van der Waals surface area contributed by atoms with Crippen molar-refractivity contribution in [3.63, 3.8) is 0 Å². The molecular formula is C41H28. The Balaban J connectivity index is 1.48. The first-order valence-electron chi connectivity index (χ1n) is 14.5. The molecule has 0 heteroatoms. The van der Waals surface area contributed by atoms with E-state index in [1.54, 1.807) is 0 Å². The number of rotatable bonds is 1. The van der Waals surface area contributed by atoms with Gasteiger partial charge in [0.1, 0.15) is 0 Å². The molecule has 0 fully saturated rings. The van der Waals surface area contributed by atoms with Crippen molar-refractivity contribution >= 4 is 53.9 Å². The predicted molar refractivity (Wildman–Crippen MR) is 177 cm³/mol. The number of hydrogen-bond acceptors (Lipinski definition) is 0. The Labute approximate surface area is 239 Å². The van der Waals surface area contributed by atoms with Gasteiger partial charge in [-0.3, -0.25) is 0 Å². The van der Waals surface area contributed by atoms with Crippen molar-refractivity contribution < 1.29 is 0 Å². The van der Waals surface area contributed by atoms with Crippen LogP contribution in [0.15, 0.2) is 133 Å². The third-order valence-electron chi connectivity index (χ3n) is 9.63. The van der Waals surface area contributed by atoms with Gasteiger partial charge in [0, 0.05) is 5.41 Å². The van der Waals surface area contributed by atoms with Gasteiger partial charge in [-0.05, 0) is 93.3 Å². The highest BCUT2D eigenvalue weighted by Gasteiger charge is 2.36. The largest absolute Gasteiger partial charge is 0.0619 e. The van der Waals surface area contributed by atoms with Crippen molar-refractivity contribution in [1.82, 2.24) is 0 Å². The first-order valence-corrected chi connectivity index (χ1v) is 14.5. The Morgan fingerprint density at radius 2 is 0.829 bits per heavy atom. The topological polar surface area (TPSA) is 0 Å². The minimum Gasteiger partial charge on any atom is -0.0619 e. The fraction of sp³-hybridized carbons (Fsp3) is 0.0732. The second-order valence-corrected chi connectivity index (χ2v) is 12.0. The van der Waals surface area contributed by atoms with Crippen LogP contribution in [-0.4, -0.2) is 0 Å². The lowest BCUT2D eigenvalue weighted by molar-refractivity contribution is 0.660. The van der Waals surface area contributed by atoms with E-state index in [1.165, 1.54) is 87.2 Å². The highest BCUT2D eigenvalue weighted by Crippen LogP contribution is 2.52. The molecule has 0 saturated carbocycles. The lowest BCUT2D eigenvalue weighted by Gasteiger charge is -2.21. The van der Waals surface area contributed by atoms with E-state index in [0.717, 1.165) is 0 Å². The van der Waals surface area contributed by atoms with Gasteiger partial charge in [0.05, 0.1) is 0 Å². The van der Waals surface area contributed by atoms with E-state index in [0.29, 0.717) is 0 Å². The van der Waals surface area contributed by atoms with Gasteiger partial charge in [-0.25, -0.2) is 0 Å². The lowest BCUT2D eigenvalue weighted by atomic mass is 9.82. The molecule has 0 unspecified atom stereocenters. The van der Waals surface area contributed by atoms with Crippen molar-refractivity contribution in [2.45, 2.75) is 19.3 Å². The van der Waals surface area contributed by atoms with E-state index in [4.69, 9.17) is 0 Å². The molecule has 0 amide bonds. The summed E-state index contributed by atoms with van der Waals surface area (Å²) in [6.45, 7) is 4.72. The summed E-state index contributed by atoms with van der Waals surface area (Å²) in [5.74, 6) is 0. The van der Waals surface area contributed by atoms with E-state index in [1.807, 2.05) is 0 Å². The van der Waals surface area contributed by atoms with Crippen LogP contribution in [0.25, 0.3) is 76.1 Å². The smallest absolute Gasteiger partial charge is 0.0159 e. The van der Waals surface area contributed by atoms with E-state index in [-0.39, 0.29) is 5.41 Å². The zero-order chi connectivity index (χ0) is 27.3. The maximum absolute atomic E-state index is 2.47. The summed E-state index contributed by atoms with van der Waals surface area (Å²) in [5.41, 5.74) is 8.14. The van der Waals surface area contributed by atoms with Crippen LogP contribution in [-0.2, 0) is 5.41 Å². The van der Waals surface area contributed by atoms with Crippen LogP contribution in [0.2, 0.25) is 0 Å². The number of fused-ring (bicyclic) bond motifs is 14. The molecule has 0 N–H and O–H groups in total. The van der Waals surface area contributed by atoms with Gasteiger partial charge < -0.3 is 0 Å². The van der Waals surface area contributed by atoms with Crippen LogP contribution < -0.4 is 0 Å². The van der Waals surface area contributed by atoms with E-state index in [9.17, 15) is 0 Å². The van der Waals surface area contributed by atoms with Gasteiger partial charge in [-0.1, -0.05) is 141 Å². The summed E-state index contributed by atoms with van der Waals surface area (Å²) in [6.07, 6.45) is 0. The van der Waals surface area contributed by atoms with Crippen molar-refractivity contribution in [2.24, 2.45) is 0 Å². The van der Waals surface area contributed by atoms with E-state index < -0.39 is 0 Å². The lowest BCUT2D eigenvalue weighted by Crippen LogP contribution is -2.14. The summed E-state index contributed by atoms with van der Waals surface area (Å²) < 4.78 is 0. The fourth-order valence-electron chi connectivity index (χ4n) is 7.79. The number of hydrogen-bond donors (Lipinski definition) is 0. The van der Waals surface area contributed by atoms with Crippen molar-refractivity contribution in [3.05, 3.63) is 145 Å². The Hall–Kier alpha value is -4.94. The summed E-state index contributed by atoms with van der Waals surface area (Å²) in [7, 11) is 0. The molecule has 8 aromatic carbocycles. The summed E-state index contributed by atoms with van der Waals surface area (Å²) in [5, 5.41) is 13.2. The summed E-state index contributed by atoms with van der Waals surface area (Å²) >= 11 is 0. The van der Waals surface area contributed by atoms with Crippen LogP contribution in [0.3, 0.4) is 0 Å². The minimum absolute atomic E-state index is 0.0171. The minimum atomic E-state index is -0.0171. The first-order chi connectivity index (χ1) is 20.1. The van der Waals surface area contributed by atoms with Crippen molar-refractivity contribution in [3.8, 4) is 22.3 Å². The van der Waals surface area contributed by atoms with Crippen LogP contribution in [0, 0.1) is 0 Å². The molecule has 8 aromatic rings. The first kappa shape index (κ1) is 22.8. The zero-order valence-electron chi connectivity index (χ0n) is 23.2. The van der Waals surface area contributed by atoms with Crippen LogP contribution in [0.4, 0.5) is 0 Å². The second kappa shape index (κ2) is 8.05. The Morgan fingerprint density at radius 3 is 1.46 bits per heavy atom. The van der Waals surface area contributed by atoms with Crippen LogP contribution >= 0.6 is 0 Å². The summed E-state index contributed by atoms with van der Waals surface area (Å²) in [6, 6.07) is 49.8. The van der Waals surface area contributed by atoms with E-state index >= 15 is 0 Å². The molecule has 0 heterocycles. The molecule has 1 aliphatic rings. The molecule has 0 aliphatic heterocycles. The maximum atomic E-state index is 2.47. The molecular weight excluding hydrogens is 492 g/mol. The highest BCUT2D eigenvalue weighted by atomic mass is 14.4. The molecule has 0 atom stereocenters. The second-order valence-electron chi connectivity index (χ2n) is 12.0. The molecule has 1 aliphatic carbocycles. The molecule has 0 aromatic heterocycles. The average Bonchev–Trinajstić information content (AvgIpc) is 3.27. The molecule has 9 rings (SSSR count). The third-order valence-corrected chi connectivity index (χ3v) is 9.63.